The number of hydrogen-bond donors (Lipinski definition) is 1. The summed E-state index contributed by atoms with van der Waals surface area (Å²) in [4.78, 5) is 2.19. The van der Waals surface area contributed by atoms with Crippen LogP contribution in [0.4, 0.5) is 0 Å². The quantitative estimate of drug-likeness (QED) is 0.840. The fourth-order valence-corrected chi connectivity index (χ4v) is 2.31. The minimum atomic E-state index is 0.287. The molecule has 3 heteroatoms. The summed E-state index contributed by atoms with van der Waals surface area (Å²) in [5.74, 6) is 0.956. The number of benzene rings is 1. The van der Waals surface area contributed by atoms with Gasteiger partial charge in [-0.3, -0.25) is 0 Å². The molecular weight excluding hydrogens is 224 g/mol. The van der Waals surface area contributed by atoms with E-state index in [0.29, 0.717) is 6.04 Å². The van der Waals surface area contributed by atoms with Gasteiger partial charge in [-0.15, -0.1) is 0 Å². The van der Waals surface area contributed by atoms with Crippen LogP contribution >= 0.6 is 0 Å². The average Bonchev–Trinajstić information content (AvgIpc) is 2.27. The highest BCUT2D eigenvalue weighted by Crippen LogP contribution is 2.26. The van der Waals surface area contributed by atoms with Gasteiger partial charge >= 0.3 is 0 Å². The molecule has 0 aliphatic heterocycles. The maximum atomic E-state index is 5.43. The number of likely N-dealkylation sites (N-methyl/N-ethyl adjacent to an activating group) is 1. The minimum absolute atomic E-state index is 0.287. The Labute approximate surface area is 111 Å². The zero-order valence-electron chi connectivity index (χ0n) is 12.4. The molecule has 0 amide bonds. The number of rotatable bonds is 6. The molecular formula is C15H26N2O. The highest BCUT2D eigenvalue weighted by atomic mass is 16.5. The molecule has 102 valence electrons. The topological polar surface area (TPSA) is 24.5 Å². The van der Waals surface area contributed by atoms with Gasteiger partial charge < -0.3 is 15.0 Å². The lowest BCUT2D eigenvalue weighted by Crippen LogP contribution is -2.37. The molecule has 0 aliphatic rings. The Morgan fingerprint density at radius 1 is 1.28 bits per heavy atom. The van der Waals surface area contributed by atoms with Crippen LogP contribution in [0, 0.1) is 6.92 Å². The first kappa shape index (κ1) is 15.0. The molecule has 0 bridgehead atoms. The Hall–Kier alpha value is -1.06. The van der Waals surface area contributed by atoms with E-state index in [1.54, 1.807) is 7.11 Å². The van der Waals surface area contributed by atoms with Crippen LogP contribution in [-0.2, 0) is 0 Å². The summed E-state index contributed by atoms with van der Waals surface area (Å²) in [5.41, 5.74) is 2.49. The van der Waals surface area contributed by atoms with E-state index in [1.807, 2.05) is 6.07 Å². The second kappa shape index (κ2) is 6.76. The lowest BCUT2D eigenvalue weighted by molar-refractivity contribution is 0.330. The highest BCUT2D eigenvalue weighted by molar-refractivity contribution is 5.38. The summed E-state index contributed by atoms with van der Waals surface area (Å²) in [5, 5.41) is 3.61. The summed E-state index contributed by atoms with van der Waals surface area (Å²) >= 11 is 0. The van der Waals surface area contributed by atoms with Crippen molar-refractivity contribution in [1.29, 1.82) is 0 Å². The Balaban J connectivity index is 2.76. The largest absolute Gasteiger partial charge is 0.496 e. The number of hydrogen-bond acceptors (Lipinski definition) is 3. The van der Waals surface area contributed by atoms with Crippen molar-refractivity contribution in [3.05, 3.63) is 29.3 Å². The predicted octanol–water partition coefficient (Wildman–Crippen LogP) is 2.60. The van der Waals surface area contributed by atoms with E-state index in [4.69, 9.17) is 4.74 Å². The van der Waals surface area contributed by atoms with Crippen molar-refractivity contribution in [2.24, 2.45) is 0 Å². The first-order valence-corrected chi connectivity index (χ1v) is 6.49. The average molecular weight is 250 g/mol. The fourth-order valence-electron chi connectivity index (χ4n) is 2.31. The molecule has 1 aromatic carbocycles. The second-order valence-electron chi connectivity index (χ2n) is 5.30. The number of nitrogens with zero attached hydrogens (tertiary/aromatic N) is 1. The van der Waals surface area contributed by atoms with Gasteiger partial charge in [0, 0.05) is 24.2 Å². The minimum Gasteiger partial charge on any atom is -0.496 e. The molecule has 3 nitrogen and oxygen atoms in total. The number of aryl methyl sites for hydroxylation is 1. The van der Waals surface area contributed by atoms with Crippen LogP contribution in [0.15, 0.2) is 18.2 Å². The first-order valence-electron chi connectivity index (χ1n) is 6.49. The third kappa shape index (κ3) is 4.31. The second-order valence-corrected chi connectivity index (χ2v) is 5.30. The van der Waals surface area contributed by atoms with Crippen LogP contribution in [0.25, 0.3) is 0 Å². The van der Waals surface area contributed by atoms with Crippen molar-refractivity contribution in [3.63, 3.8) is 0 Å². The first-order chi connectivity index (χ1) is 8.43. The number of ether oxygens (including phenoxy) is 1. The Morgan fingerprint density at radius 2 is 1.94 bits per heavy atom. The van der Waals surface area contributed by atoms with Crippen molar-refractivity contribution in [2.45, 2.75) is 32.9 Å². The van der Waals surface area contributed by atoms with Gasteiger partial charge in [0.1, 0.15) is 5.75 Å². The zero-order chi connectivity index (χ0) is 13.7. The van der Waals surface area contributed by atoms with E-state index in [2.05, 4.69) is 57.2 Å². The van der Waals surface area contributed by atoms with E-state index in [0.717, 1.165) is 12.3 Å². The van der Waals surface area contributed by atoms with E-state index in [1.165, 1.54) is 11.1 Å². The van der Waals surface area contributed by atoms with E-state index >= 15 is 0 Å². The maximum absolute atomic E-state index is 5.43. The summed E-state index contributed by atoms with van der Waals surface area (Å²) < 4.78 is 5.43. The Kier molecular flexibility index (Phi) is 5.63. The zero-order valence-corrected chi connectivity index (χ0v) is 12.4. The van der Waals surface area contributed by atoms with Crippen molar-refractivity contribution in [3.8, 4) is 5.75 Å². The molecule has 1 rings (SSSR count). The van der Waals surface area contributed by atoms with Crippen LogP contribution in [0.1, 0.15) is 31.0 Å². The van der Waals surface area contributed by atoms with Gasteiger partial charge in [-0.2, -0.15) is 0 Å². The van der Waals surface area contributed by atoms with Crippen molar-refractivity contribution in [2.75, 3.05) is 27.7 Å². The molecule has 0 saturated carbocycles. The lowest BCUT2D eigenvalue weighted by Gasteiger charge is -2.24. The van der Waals surface area contributed by atoms with Gasteiger partial charge in [0.25, 0.3) is 0 Å². The number of methoxy groups -OCH3 is 1. The molecule has 1 N–H and O–H groups in total. The molecule has 2 atom stereocenters. The van der Waals surface area contributed by atoms with E-state index in [9.17, 15) is 0 Å². The lowest BCUT2D eigenvalue weighted by atomic mass is 10.0. The third-order valence-electron chi connectivity index (χ3n) is 3.03. The molecule has 1 aromatic rings. The van der Waals surface area contributed by atoms with E-state index in [-0.39, 0.29) is 6.04 Å². The van der Waals surface area contributed by atoms with Crippen molar-refractivity contribution in [1.82, 2.24) is 10.2 Å². The summed E-state index contributed by atoms with van der Waals surface area (Å²) in [6.45, 7) is 7.53. The highest BCUT2D eigenvalue weighted by Gasteiger charge is 2.14. The van der Waals surface area contributed by atoms with E-state index < -0.39 is 0 Å². The molecule has 0 heterocycles. The Morgan fingerprint density at radius 3 is 2.50 bits per heavy atom. The summed E-state index contributed by atoms with van der Waals surface area (Å²) in [6, 6.07) is 7.05. The normalized spacial score (nSPS) is 14.6. The maximum Gasteiger partial charge on any atom is 0.123 e. The van der Waals surface area contributed by atoms with Gasteiger partial charge in [-0.05, 0) is 40.9 Å². The van der Waals surface area contributed by atoms with Gasteiger partial charge in [0.15, 0.2) is 0 Å². The smallest absolute Gasteiger partial charge is 0.123 e. The SMILES string of the molecule is COc1ccc(C)cc1C(C)NC(C)CN(C)C. The molecule has 0 aromatic heterocycles. The molecule has 18 heavy (non-hydrogen) atoms. The monoisotopic (exact) mass is 250 g/mol. The predicted molar refractivity (Wildman–Crippen MR) is 77.3 cm³/mol. The van der Waals surface area contributed by atoms with Gasteiger partial charge in [0.2, 0.25) is 0 Å². The van der Waals surface area contributed by atoms with Gasteiger partial charge in [0.05, 0.1) is 7.11 Å². The van der Waals surface area contributed by atoms with Crippen LogP contribution < -0.4 is 10.1 Å². The van der Waals surface area contributed by atoms with Crippen LogP contribution in [0.3, 0.4) is 0 Å². The standard InChI is InChI=1S/C15H26N2O/c1-11-7-8-15(18-6)14(9-11)13(3)16-12(2)10-17(4)5/h7-9,12-13,16H,10H2,1-6H3. The van der Waals surface area contributed by atoms with Gasteiger partial charge in [-0.25, -0.2) is 0 Å². The molecule has 0 aliphatic carbocycles. The van der Waals surface area contributed by atoms with Crippen LogP contribution in [0.2, 0.25) is 0 Å². The molecule has 0 saturated heterocycles. The van der Waals surface area contributed by atoms with Crippen LogP contribution in [-0.4, -0.2) is 38.7 Å². The van der Waals surface area contributed by atoms with Crippen LogP contribution in [0.5, 0.6) is 5.75 Å². The molecule has 2 unspecified atom stereocenters. The number of nitrogens with one attached hydrogen (secondary N) is 1. The fraction of sp³-hybridized carbons (Fsp3) is 0.600. The van der Waals surface area contributed by atoms with Crippen molar-refractivity contribution < 1.29 is 4.74 Å². The molecule has 0 fully saturated rings. The molecule has 0 spiro atoms. The summed E-state index contributed by atoms with van der Waals surface area (Å²) in [6.07, 6.45) is 0. The summed E-state index contributed by atoms with van der Waals surface area (Å²) in [7, 11) is 5.91. The van der Waals surface area contributed by atoms with Crippen molar-refractivity contribution >= 4 is 0 Å². The third-order valence-corrected chi connectivity index (χ3v) is 3.03. The van der Waals surface area contributed by atoms with Gasteiger partial charge in [-0.1, -0.05) is 17.7 Å². The molecule has 0 radical (unpaired) electrons. The Bertz CT molecular complexity index is 377.